The standard InChI is InChI=1S/C13H18FNO2/c1-16-12-3-2-10(14)8-11(12)13(15)9-4-6-17-7-5-9/h2-3,8-9,13H,4-7,15H2,1H3/t13-/m1/s1. The average molecular weight is 239 g/mol. The van der Waals surface area contributed by atoms with Gasteiger partial charge in [-0.05, 0) is 37.0 Å². The van der Waals surface area contributed by atoms with E-state index < -0.39 is 0 Å². The topological polar surface area (TPSA) is 44.5 Å². The van der Waals surface area contributed by atoms with Crippen LogP contribution in [-0.2, 0) is 4.74 Å². The second-order valence-corrected chi connectivity index (χ2v) is 4.36. The molecule has 1 aliphatic rings. The van der Waals surface area contributed by atoms with Gasteiger partial charge in [0.1, 0.15) is 11.6 Å². The summed E-state index contributed by atoms with van der Waals surface area (Å²) in [6.07, 6.45) is 1.83. The molecule has 1 heterocycles. The summed E-state index contributed by atoms with van der Waals surface area (Å²) in [6, 6.07) is 4.30. The van der Waals surface area contributed by atoms with Gasteiger partial charge in [-0.15, -0.1) is 0 Å². The SMILES string of the molecule is COc1ccc(F)cc1[C@H](N)C1CCOCC1. The predicted molar refractivity (Wildman–Crippen MR) is 63.4 cm³/mol. The fourth-order valence-corrected chi connectivity index (χ4v) is 2.29. The number of hydrogen-bond donors (Lipinski definition) is 1. The molecule has 0 unspecified atom stereocenters. The molecule has 2 rings (SSSR count). The number of benzene rings is 1. The first kappa shape index (κ1) is 12.3. The first-order valence-corrected chi connectivity index (χ1v) is 5.89. The Labute approximate surface area is 101 Å². The molecule has 1 aromatic carbocycles. The number of ether oxygens (including phenoxy) is 2. The Hall–Kier alpha value is -1.13. The molecule has 0 aromatic heterocycles. The Morgan fingerprint density at radius 2 is 2.12 bits per heavy atom. The summed E-state index contributed by atoms with van der Waals surface area (Å²) in [4.78, 5) is 0. The highest BCUT2D eigenvalue weighted by Gasteiger charge is 2.24. The number of halogens is 1. The van der Waals surface area contributed by atoms with Crippen molar-refractivity contribution in [2.45, 2.75) is 18.9 Å². The van der Waals surface area contributed by atoms with Crippen LogP contribution >= 0.6 is 0 Å². The molecule has 1 aliphatic heterocycles. The molecule has 2 N–H and O–H groups in total. The van der Waals surface area contributed by atoms with E-state index in [0.717, 1.165) is 31.6 Å². The molecular weight excluding hydrogens is 221 g/mol. The zero-order chi connectivity index (χ0) is 12.3. The summed E-state index contributed by atoms with van der Waals surface area (Å²) in [6.45, 7) is 1.46. The van der Waals surface area contributed by atoms with Crippen LogP contribution in [0, 0.1) is 11.7 Å². The molecular formula is C13H18FNO2. The Balaban J connectivity index is 2.21. The molecule has 17 heavy (non-hydrogen) atoms. The predicted octanol–water partition coefficient (Wildman–Crippen LogP) is 2.26. The van der Waals surface area contributed by atoms with E-state index in [1.807, 2.05) is 0 Å². The van der Waals surface area contributed by atoms with Crippen molar-refractivity contribution >= 4 is 0 Å². The second kappa shape index (κ2) is 5.47. The highest BCUT2D eigenvalue weighted by Crippen LogP contribution is 2.33. The molecule has 0 amide bonds. The zero-order valence-corrected chi connectivity index (χ0v) is 9.99. The summed E-state index contributed by atoms with van der Waals surface area (Å²) < 4.78 is 23.8. The Morgan fingerprint density at radius 1 is 1.41 bits per heavy atom. The van der Waals surface area contributed by atoms with Gasteiger partial charge in [0.25, 0.3) is 0 Å². The Bertz CT molecular complexity index is 378. The first-order valence-electron chi connectivity index (χ1n) is 5.89. The largest absolute Gasteiger partial charge is 0.496 e. The van der Waals surface area contributed by atoms with E-state index in [1.165, 1.54) is 12.1 Å². The van der Waals surface area contributed by atoms with Crippen molar-refractivity contribution in [3.05, 3.63) is 29.6 Å². The van der Waals surface area contributed by atoms with Crippen molar-refractivity contribution in [3.63, 3.8) is 0 Å². The van der Waals surface area contributed by atoms with Crippen LogP contribution in [0.4, 0.5) is 4.39 Å². The molecule has 0 radical (unpaired) electrons. The van der Waals surface area contributed by atoms with Gasteiger partial charge in [0.05, 0.1) is 7.11 Å². The van der Waals surface area contributed by atoms with E-state index in [2.05, 4.69) is 0 Å². The maximum absolute atomic E-state index is 13.3. The number of nitrogens with two attached hydrogens (primary N) is 1. The maximum atomic E-state index is 13.3. The van der Waals surface area contributed by atoms with E-state index in [4.69, 9.17) is 15.2 Å². The summed E-state index contributed by atoms with van der Waals surface area (Å²) in [5.74, 6) is 0.716. The van der Waals surface area contributed by atoms with Crippen molar-refractivity contribution in [2.24, 2.45) is 11.7 Å². The van der Waals surface area contributed by atoms with Gasteiger partial charge in [0, 0.05) is 24.8 Å². The van der Waals surface area contributed by atoms with Crippen molar-refractivity contribution in [2.75, 3.05) is 20.3 Å². The number of methoxy groups -OCH3 is 1. The molecule has 0 saturated carbocycles. The number of rotatable bonds is 3. The molecule has 4 heteroatoms. The molecule has 3 nitrogen and oxygen atoms in total. The zero-order valence-electron chi connectivity index (χ0n) is 9.99. The van der Waals surface area contributed by atoms with Crippen LogP contribution in [0.5, 0.6) is 5.75 Å². The van der Waals surface area contributed by atoms with Gasteiger partial charge in [0.15, 0.2) is 0 Å². The van der Waals surface area contributed by atoms with Gasteiger partial charge in [-0.1, -0.05) is 0 Å². The lowest BCUT2D eigenvalue weighted by molar-refractivity contribution is 0.0581. The van der Waals surface area contributed by atoms with Crippen LogP contribution in [0.25, 0.3) is 0 Å². The van der Waals surface area contributed by atoms with Crippen LogP contribution in [0.15, 0.2) is 18.2 Å². The van der Waals surface area contributed by atoms with Crippen LogP contribution < -0.4 is 10.5 Å². The molecule has 1 fully saturated rings. The molecule has 94 valence electrons. The quantitative estimate of drug-likeness (QED) is 0.880. The Morgan fingerprint density at radius 3 is 2.76 bits per heavy atom. The summed E-state index contributed by atoms with van der Waals surface area (Å²) >= 11 is 0. The third-order valence-corrected chi connectivity index (χ3v) is 3.32. The van der Waals surface area contributed by atoms with Crippen LogP contribution in [0.1, 0.15) is 24.4 Å². The van der Waals surface area contributed by atoms with E-state index in [1.54, 1.807) is 13.2 Å². The number of hydrogen-bond acceptors (Lipinski definition) is 3. The van der Waals surface area contributed by atoms with E-state index in [9.17, 15) is 4.39 Å². The van der Waals surface area contributed by atoms with Gasteiger partial charge < -0.3 is 15.2 Å². The minimum Gasteiger partial charge on any atom is -0.496 e. The minimum atomic E-state index is -0.275. The highest BCUT2D eigenvalue weighted by atomic mass is 19.1. The molecule has 1 atom stereocenters. The lowest BCUT2D eigenvalue weighted by Crippen LogP contribution is -2.27. The van der Waals surface area contributed by atoms with Gasteiger partial charge in [0.2, 0.25) is 0 Å². The fraction of sp³-hybridized carbons (Fsp3) is 0.538. The molecule has 0 spiro atoms. The monoisotopic (exact) mass is 239 g/mol. The average Bonchev–Trinajstić information content (AvgIpc) is 2.39. The Kier molecular flexibility index (Phi) is 3.97. The van der Waals surface area contributed by atoms with Gasteiger partial charge in [-0.2, -0.15) is 0 Å². The van der Waals surface area contributed by atoms with E-state index >= 15 is 0 Å². The first-order chi connectivity index (χ1) is 8.22. The van der Waals surface area contributed by atoms with Crippen LogP contribution in [-0.4, -0.2) is 20.3 Å². The third-order valence-electron chi connectivity index (χ3n) is 3.32. The lowest BCUT2D eigenvalue weighted by atomic mass is 9.87. The van der Waals surface area contributed by atoms with Crippen molar-refractivity contribution < 1.29 is 13.9 Å². The summed E-state index contributed by atoms with van der Waals surface area (Å²) in [7, 11) is 1.58. The normalized spacial score (nSPS) is 19.0. The second-order valence-electron chi connectivity index (χ2n) is 4.36. The lowest BCUT2D eigenvalue weighted by Gasteiger charge is -2.28. The molecule has 0 aliphatic carbocycles. The van der Waals surface area contributed by atoms with E-state index in [-0.39, 0.29) is 11.9 Å². The van der Waals surface area contributed by atoms with Crippen molar-refractivity contribution in [1.82, 2.24) is 0 Å². The molecule has 1 saturated heterocycles. The minimum absolute atomic E-state index is 0.190. The molecule has 0 bridgehead atoms. The van der Waals surface area contributed by atoms with Gasteiger partial charge in [-0.3, -0.25) is 0 Å². The van der Waals surface area contributed by atoms with Crippen LogP contribution in [0.3, 0.4) is 0 Å². The van der Waals surface area contributed by atoms with Crippen molar-refractivity contribution in [1.29, 1.82) is 0 Å². The van der Waals surface area contributed by atoms with Crippen molar-refractivity contribution in [3.8, 4) is 5.75 Å². The molecule has 1 aromatic rings. The summed E-state index contributed by atoms with van der Waals surface area (Å²) in [5, 5.41) is 0. The van der Waals surface area contributed by atoms with Gasteiger partial charge in [-0.25, -0.2) is 4.39 Å². The maximum Gasteiger partial charge on any atom is 0.123 e. The van der Waals surface area contributed by atoms with E-state index in [0.29, 0.717) is 11.7 Å². The fourth-order valence-electron chi connectivity index (χ4n) is 2.29. The van der Waals surface area contributed by atoms with Crippen LogP contribution in [0.2, 0.25) is 0 Å². The third kappa shape index (κ3) is 2.76. The van der Waals surface area contributed by atoms with Gasteiger partial charge >= 0.3 is 0 Å². The smallest absolute Gasteiger partial charge is 0.123 e. The highest BCUT2D eigenvalue weighted by molar-refractivity contribution is 5.36. The summed E-state index contributed by atoms with van der Waals surface area (Å²) in [5.41, 5.74) is 6.96.